The van der Waals surface area contributed by atoms with Crippen LogP contribution in [0.2, 0.25) is 0 Å². The van der Waals surface area contributed by atoms with Crippen molar-refractivity contribution >= 4 is 24.5 Å². The molecule has 0 aliphatic rings. The van der Waals surface area contributed by atoms with Gasteiger partial charge in [0, 0.05) is 0 Å². The molecule has 0 bridgehead atoms. The summed E-state index contributed by atoms with van der Waals surface area (Å²) in [5, 5.41) is 0. The van der Waals surface area contributed by atoms with Crippen LogP contribution in [0.25, 0.3) is 0 Å². The third-order valence-corrected chi connectivity index (χ3v) is 4.70. The van der Waals surface area contributed by atoms with Gasteiger partial charge in [-0.2, -0.15) is 0 Å². The molecule has 2 aromatic carbocycles. The Morgan fingerprint density at radius 3 is 2.33 bits per heavy atom. The molecule has 0 N–H and O–H groups in total. The predicted molar refractivity (Wildman–Crippen MR) is 65.9 cm³/mol. The number of hydrogen-bond donors (Lipinski definition) is 0. The molecule has 0 amide bonds. The summed E-state index contributed by atoms with van der Waals surface area (Å²) in [6.45, 7) is 0. The van der Waals surface area contributed by atoms with Crippen molar-refractivity contribution in [3.8, 4) is 5.75 Å². The summed E-state index contributed by atoms with van der Waals surface area (Å²) < 4.78 is 8.07. The summed E-state index contributed by atoms with van der Waals surface area (Å²) >= 11 is -0.215. The number of hydrogen-bond acceptors (Lipinski definition) is 1. The van der Waals surface area contributed by atoms with Crippen LogP contribution < -0.4 is 13.4 Å². The summed E-state index contributed by atoms with van der Waals surface area (Å²) in [5.74, 6) is 0.951. The standard InChI is InChI=1S/C13H13AsO/c1-15-13-9-5-8-12(10-13)14-11-6-3-2-4-7-11/h2-10,14H,1H3. The molecule has 1 nitrogen and oxygen atoms in total. The first kappa shape index (κ1) is 10.3. The normalized spacial score (nSPS) is 10.7. The Bertz CT molecular complexity index is 426. The number of ether oxygens (including phenoxy) is 1. The van der Waals surface area contributed by atoms with E-state index in [0.29, 0.717) is 0 Å². The SMILES string of the molecule is COc1cccc([AsH]c2ccccc2)c1. The minimum atomic E-state index is -0.215. The van der Waals surface area contributed by atoms with E-state index in [1.54, 1.807) is 7.11 Å². The van der Waals surface area contributed by atoms with Gasteiger partial charge in [-0.1, -0.05) is 0 Å². The number of benzene rings is 2. The number of rotatable bonds is 3. The van der Waals surface area contributed by atoms with Crippen LogP contribution in [0.1, 0.15) is 0 Å². The van der Waals surface area contributed by atoms with Crippen LogP contribution in [-0.2, 0) is 0 Å². The Kier molecular flexibility index (Phi) is 3.47. The number of methoxy groups -OCH3 is 1. The van der Waals surface area contributed by atoms with Gasteiger partial charge in [-0.05, 0) is 0 Å². The van der Waals surface area contributed by atoms with Crippen molar-refractivity contribution in [2.24, 2.45) is 0 Å². The van der Waals surface area contributed by atoms with E-state index in [9.17, 15) is 0 Å². The maximum absolute atomic E-state index is 5.21. The molecule has 2 heteroatoms. The summed E-state index contributed by atoms with van der Waals surface area (Å²) in [4.78, 5) is 0. The van der Waals surface area contributed by atoms with E-state index in [1.165, 1.54) is 8.70 Å². The maximum atomic E-state index is 5.21. The van der Waals surface area contributed by atoms with E-state index in [-0.39, 0.29) is 15.8 Å². The van der Waals surface area contributed by atoms with Gasteiger partial charge in [0.25, 0.3) is 0 Å². The molecule has 0 saturated heterocycles. The Hall–Kier alpha value is -1.20. The van der Waals surface area contributed by atoms with Crippen molar-refractivity contribution in [2.75, 3.05) is 7.11 Å². The van der Waals surface area contributed by atoms with Gasteiger partial charge < -0.3 is 0 Å². The molecule has 0 aliphatic heterocycles. The summed E-state index contributed by atoms with van der Waals surface area (Å²) in [5.41, 5.74) is 0. The Balaban J connectivity index is 2.17. The van der Waals surface area contributed by atoms with E-state index < -0.39 is 0 Å². The van der Waals surface area contributed by atoms with Crippen LogP contribution in [0, 0.1) is 0 Å². The van der Waals surface area contributed by atoms with E-state index in [1.807, 2.05) is 6.07 Å². The van der Waals surface area contributed by atoms with Crippen LogP contribution in [0.4, 0.5) is 0 Å². The van der Waals surface area contributed by atoms with Gasteiger partial charge in [-0.15, -0.1) is 0 Å². The molecule has 0 heterocycles. The molecular weight excluding hydrogens is 247 g/mol. The van der Waals surface area contributed by atoms with Crippen molar-refractivity contribution < 1.29 is 4.74 Å². The second-order valence-corrected chi connectivity index (χ2v) is 6.17. The van der Waals surface area contributed by atoms with Crippen LogP contribution in [0.5, 0.6) is 5.75 Å². The molecule has 0 fully saturated rings. The van der Waals surface area contributed by atoms with Crippen LogP contribution >= 0.6 is 0 Å². The molecule has 2 rings (SSSR count). The van der Waals surface area contributed by atoms with Crippen LogP contribution in [-0.4, -0.2) is 22.9 Å². The minimum absolute atomic E-state index is 0.215. The van der Waals surface area contributed by atoms with E-state index in [2.05, 4.69) is 48.5 Å². The van der Waals surface area contributed by atoms with Crippen molar-refractivity contribution in [1.82, 2.24) is 0 Å². The first-order valence-electron chi connectivity index (χ1n) is 4.84. The van der Waals surface area contributed by atoms with Gasteiger partial charge in [-0.3, -0.25) is 0 Å². The second-order valence-electron chi connectivity index (χ2n) is 3.22. The van der Waals surface area contributed by atoms with Crippen LogP contribution in [0.3, 0.4) is 0 Å². The van der Waals surface area contributed by atoms with Crippen molar-refractivity contribution in [1.29, 1.82) is 0 Å². The van der Waals surface area contributed by atoms with Crippen LogP contribution in [0.15, 0.2) is 54.6 Å². The Morgan fingerprint density at radius 1 is 0.867 bits per heavy atom. The van der Waals surface area contributed by atoms with Gasteiger partial charge in [-0.25, -0.2) is 0 Å². The van der Waals surface area contributed by atoms with E-state index in [4.69, 9.17) is 4.74 Å². The summed E-state index contributed by atoms with van der Waals surface area (Å²) in [6, 6.07) is 19.0. The molecule has 0 aliphatic carbocycles. The summed E-state index contributed by atoms with van der Waals surface area (Å²) in [7, 11) is 1.71. The Labute approximate surface area is 96.8 Å². The molecule has 0 radical (unpaired) electrons. The van der Waals surface area contributed by atoms with Crippen molar-refractivity contribution in [3.63, 3.8) is 0 Å². The fraction of sp³-hybridized carbons (Fsp3) is 0.0769. The molecule has 0 saturated carbocycles. The average Bonchev–Trinajstić information content (AvgIpc) is 2.31. The molecule has 1 atom stereocenters. The predicted octanol–water partition coefficient (Wildman–Crippen LogP) is 1.08. The van der Waals surface area contributed by atoms with Crippen molar-refractivity contribution in [3.05, 3.63) is 54.6 Å². The van der Waals surface area contributed by atoms with Gasteiger partial charge in [0.15, 0.2) is 0 Å². The average molecular weight is 260 g/mol. The summed E-state index contributed by atoms with van der Waals surface area (Å²) in [6.07, 6.45) is 0. The topological polar surface area (TPSA) is 9.23 Å². The molecule has 1 unspecified atom stereocenters. The monoisotopic (exact) mass is 260 g/mol. The zero-order valence-corrected chi connectivity index (χ0v) is 10.7. The van der Waals surface area contributed by atoms with E-state index >= 15 is 0 Å². The van der Waals surface area contributed by atoms with Gasteiger partial charge in [0.1, 0.15) is 0 Å². The zero-order chi connectivity index (χ0) is 10.5. The molecule has 0 spiro atoms. The second kappa shape index (κ2) is 5.04. The molecule has 15 heavy (non-hydrogen) atoms. The molecule has 76 valence electrons. The first-order valence-corrected chi connectivity index (χ1v) is 6.94. The molecular formula is C13H13AsO. The van der Waals surface area contributed by atoms with Gasteiger partial charge in [0.05, 0.1) is 0 Å². The Morgan fingerprint density at radius 2 is 1.60 bits per heavy atom. The third kappa shape index (κ3) is 2.87. The fourth-order valence-electron chi connectivity index (χ4n) is 1.39. The zero-order valence-electron chi connectivity index (χ0n) is 8.60. The van der Waals surface area contributed by atoms with E-state index in [0.717, 1.165) is 5.75 Å². The quantitative estimate of drug-likeness (QED) is 0.750. The van der Waals surface area contributed by atoms with Gasteiger partial charge >= 0.3 is 96.6 Å². The van der Waals surface area contributed by atoms with Gasteiger partial charge in [0.2, 0.25) is 0 Å². The fourth-order valence-corrected chi connectivity index (χ4v) is 3.67. The first-order chi connectivity index (χ1) is 7.38. The molecule has 2 aromatic rings. The van der Waals surface area contributed by atoms with Crippen molar-refractivity contribution in [2.45, 2.75) is 0 Å². The third-order valence-electron chi connectivity index (χ3n) is 2.13. The molecule has 0 aromatic heterocycles.